The first-order valence-corrected chi connectivity index (χ1v) is 3.84. The van der Waals surface area contributed by atoms with Crippen LogP contribution < -0.4 is 21.5 Å². The number of fused-ring (bicyclic) bond motifs is 1. The summed E-state index contributed by atoms with van der Waals surface area (Å²) in [5, 5.41) is 6.78. The van der Waals surface area contributed by atoms with E-state index in [1.165, 1.54) is 0 Å². The van der Waals surface area contributed by atoms with Gasteiger partial charge in [0.2, 0.25) is 0 Å². The topological polar surface area (TPSA) is 48.1 Å². The summed E-state index contributed by atoms with van der Waals surface area (Å²) in [4.78, 5) is 0. The molecule has 0 bridgehead atoms. The summed E-state index contributed by atoms with van der Waals surface area (Å²) >= 11 is 0. The molecule has 2 saturated heterocycles. The zero-order valence-electron chi connectivity index (χ0n) is 6.15. The normalized spacial score (nSPS) is 47.1. The summed E-state index contributed by atoms with van der Waals surface area (Å²) in [5.41, 5.74) is 6.34. The number of hydrogen-bond acceptors (Lipinski definition) is 4. The highest BCUT2D eigenvalue weighted by molar-refractivity contribution is 4.94. The van der Waals surface area contributed by atoms with E-state index in [0.717, 1.165) is 13.1 Å². The van der Waals surface area contributed by atoms with Gasteiger partial charge in [0, 0.05) is 19.1 Å². The summed E-state index contributed by atoms with van der Waals surface area (Å²) in [5.74, 6) is 0. The molecule has 0 aromatic carbocycles. The van der Waals surface area contributed by atoms with E-state index in [9.17, 15) is 0 Å². The molecule has 0 radical (unpaired) electrons. The zero-order valence-corrected chi connectivity index (χ0v) is 6.15. The van der Waals surface area contributed by atoms with Crippen molar-refractivity contribution in [3.8, 4) is 0 Å². The molecule has 0 aromatic rings. The Morgan fingerprint density at radius 1 is 1.20 bits per heavy atom. The Hall–Kier alpha value is -0.160. The molecule has 4 N–H and O–H groups in total. The Morgan fingerprint density at radius 3 is 3.00 bits per heavy atom. The van der Waals surface area contributed by atoms with Crippen LogP contribution in [0.5, 0.6) is 0 Å². The van der Waals surface area contributed by atoms with Crippen molar-refractivity contribution in [3.05, 3.63) is 0 Å². The van der Waals surface area contributed by atoms with Crippen molar-refractivity contribution in [2.24, 2.45) is 0 Å². The Kier molecular flexibility index (Phi) is 1.61. The minimum absolute atomic E-state index is 0.461. The lowest BCUT2D eigenvalue weighted by Crippen LogP contribution is -2.60. The minimum Gasteiger partial charge on any atom is -0.300 e. The van der Waals surface area contributed by atoms with Crippen molar-refractivity contribution < 1.29 is 0 Å². The highest BCUT2D eigenvalue weighted by Gasteiger charge is 2.30. The minimum atomic E-state index is 0.461. The monoisotopic (exact) mass is 142 g/mol. The van der Waals surface area contributed by atoms with Crippen molar-refractivity contribution in [3.63, 3.8) is 0 Å². The van der Waals surface area contributed by atoms with Crippen LogP contribution in [0.25, 0.3) is 0 Å². The van der Waals surface area contributed by atoms with Gasteiger partial charge in [-0.05, 0) is 6.92 Å². The van der Waals surface area contributed by atoms with Crippen molar-refractivity contribution >= 4 is 0 Å². The molecule has 0 spiro atoms. The van der Waals surface area contributed by atoms with Crippen molar-refractivity contribution in [1.82, 2.24) is 21.5 Å². The van der Waals surface area contributed by atoms with E-state index in [2.05, 4.69) is 28.4 Å². The van der Waals surface area contributed by atoms with Gasteiger partial charge in [-0.2, -0.15) is 0 Å². The Balaban J connectivity index is 1.96. The van der Waals surface area contributed by atoms with Crippen LogP contribution in [0.2, 0.25) is 0 Å². The second kappa shape index (κ2) is 2.47. The summed E-state index contributed by atoms with van der Waals surface area (Å²) in [6, 6.07) is 1.17. The van der Waals surface area contributed by atoms with E-state index in [0.29, 0.717) is 18.2 Å². The first-order chi connectivity index (χ1) is 4.86. The maximum atomic E-state index is 3.44. The highest BCUT2D eigenvalue weighted by Crippen LogP contribution is 2.02. The Morgan fingerprint density at radius 2 is 2.10 bits per heavy atom. The summed E-state index contributed by atoms with van der Waals surface area (Å²) in [6.45, 7) is 4.25. The molecule has 2 fully saturated rings. The van der Waals surface area contributed by atoms with Gasteiger partial charge in [0.25, 0.3) is 0 Å². The van der Waals surface area contributed by atoms with E-state index >= 15 is 0 Å². The molecule has 2 rings (SSSR count). The molecule has 0 amide bonds. The summed E-state index contributed by atoms with van der Waals surface area (Å²) in [6.07, 6.45) is 0.461. The van der Waals surface area contributed by atoms with E-state index in [4.69, 9.17) is 0 Å². The fraction of sp³-hybridized carbons (Fsp3) is 1.00. The molecule has 10 heavy (non-hydrogen) atoms. The third-order valence-corrected chi connectivity index (χ3v) is 2.20. The van der Waals surface area contributed by atoms with Crippen LogP contribution in [0.3, 0.4) is 0 Å². The molecule has 2 aliphatic rings. The molecule has 2 aliphatic heterocycles. The Bertz CT molecular complexity index is 127. The fourth-order valence-electron chi connectivity index (χ4n) is 1.59. The van der Waals surface area contributed by atoms with E-state index in [1.807, 2.05) is 0 Å². The lowest BCUT2D eigenvalue weighted by molar-refractivity contribution is 0.298. The second-order valence-electron chi connectivity index (χ2n) is 3.03. The van der Waals surface area contributed by atoms with Gasteiger partial charge in [-0.3, -0.25) is 16.2 Å². The fourth-order valence-corrected chi connectivity index (χ4v) is 1.59. The van der Waals surface area contributed by atoms with Crippen LogP contribution in [-0.2, 0) is 0 Å². The molecule has 0 aliphatic carbocycles. The molecule has 2 heterocycles. The van der Waals surface area contributed by atoms with Crippen molar-refractivity contribution in [2.45, 2.75) is 25.2 Å². The lowest BCUT2D eigenvalue weighted by Gasteiger charge is -2.31. The molecule has 4 nitrogen and oxygen atoms in total. The standard InChI is InChI=1S/C6H14N4/c1-4-7-2-6-5(9-4)3-8-10-6/h4-10H,2-3H2,1H3. The van der Waals surface area contributed by atoms with Gasteiger partial charge in [-0.15, -0.1) is 0 Å². The number of nitrogens with one attached hydrogen (secondary N) is 4. The SMILES string of the molecule is CC1NCC2NNCC2N1. The molecule has 3 unspecified atom stereocenters. The first kappa shape index (κ1) is 6.54. The molecule has 4 heteroatoms. The predicted octanol–water partition coefficient (Wildman–Crippen LogP) is -1.63. The van der Waals surface area contributed by atoms with Gasteiger partial charge in [0.05, 0.1) is 12.2 Å². The average Bonchev–Trinajstić information content (AvgIpc) is 2.33. The van der Waals surface area contributed by atoms with Gasteiger partial charge in [0.1, 0.15) is 0 Å². The molecule has 0 aromatic heterocycles. The Labute approximate surface area is 60.7 Å². The van der Waals surface area contributed by atoms with Crippen molar-refractivity contribution in [1.29, 1.82) is 0 Å². The third kappa shape index (κ3) is 1.03. The van der Waals surface area contributed by atoms with Crippen LogP contribution in [-0.4, -0.2) is 31.3 Å². The van der Waals surface area contributed by atoms with Crippen LogP contribution in [0.1, 0.15) is 6.92 Å². The molecule has 58 valence electrons. The maximum absolute atomic E-state index is 3.44. The number of rotatable bonds is 0. The van der Waals surface area contributed by atoms with Crippen LogP contribution in [0, 0.1) is 0 Å². The van der Waals surface area contributed by atoms with Crippen LogP contribution in [0.15, 0.2) is 0 Å². The van der Waals surface area contributed by atoms with Gasteiger partial charge < -0.3 is 5.32 Å². The average molecular weight is 142 g/mol. The smallest absolute Gasteiger partial charge is 0.0546 e. The second-order valence-corrected chi connectivity index (χ2v) is 3.03. The molecule has 0 saturated carbocycles. The summed E-state index contributed by atoms with van der Waals surface area (Å²) in [7, 11) is 0. The van der Waals surface area contributed by atoms with Crippen LogP contribution >= 0.6 is 0 Å². The van der Waals surface area contributed by atoms with E-state index in [1.54, 1.807) is 0 Å². The molecule has 3 atom stereocenters. The van der Waals surface area contributed by atoms with Gasteiger partial charge >= 0.3 is 0 Å². The largest absolute Gasteiger partial charge is 0.300 e. The molecular formula is C6H14N4. The van der Waals surface area contributed by atoms with E-state index in [-0.39, 0.29) is 0 Å². The predicted molar refractivity (Wildman–Crippen MR) is 39.3 cm³/mol. The zero-order chi connectivity index (χ0) is 6.97. The third-order valence-electron chi connectivity index (χ3n) is 2.20. The van der Waals surface area contributed by atoms with Crippen molar-refractivity contribution in [2.75, 3.05) is 13.1 Å². The van der Waals surface area contributed by atoms with E-state index < -0.39 is 0 Å². The maximum Gasteiger partial charge on any atom is 0.0546 e. The number of hydrogen-bond donors (Lipinski definition) is 4. The quantitative estimate of drug-likeness (QED) is 0.328. The van der Waals surface area contributed by atoms with Crippen LogP contribution in [0.4, 0.5) is 0 Å². The number of hydrazine groups is 1. The summed E-state index contributed by atoms with van der Waals surface area (Å²) < 4.78 is 0. The van der Waals surface area contributed by atoms with Gasteiger partial charge in [0.15, 0.2) is 0 Å². The van der Waals surface area contributed by atoms with Gasteiger partial charge in [-0.1, -0.05) is 0 Å². The first-order valence-electron chi connectivity index (χ1n) is 3.84. The highest BCUT2D eigenvalue weighted by atomic mass is 15.4. The lowest BCUT2D eigenvalue weighted by atomic mass is 10.1. The molecular weight excluding hydrogens is 128 g/mol. The van der Waals surface area contributed by atoms with Gasteiger partial charge in [-0.25, -0.2) is 0 Å².